The Balaban J connectivity index is 1.48. The largest absolute Gasteiger partial charge is 0.493 e. The monoisotopic (exact) mass is 826 g/mol. The van der Waals surface area contributed by atoms with E-state index in [0.29, 0.717) is 11.5 Å². The van der Waals surface area contributed by atoms with Crippen LogP contribution in [0.2, 0.25) is 0 Å². The third kappa shape index (κ3) is 8.18. The van der Waals surface area contributed by atoms with Crippen LogP contribution in [0.15, 0.2) is 72.8 Å². The van der Waals surface area contributed by atoms with Crippen molar-refractivity contribution in [2.45, 2.75) is 39.8 Å². The fourth-order valence-corrected chi connectivity index (χ4v) is 9.07. The van der Waals surface area contributed by atoms with Crippen molar-refractivity contribution in [2.75, 3.05) is 49.6 Å². The first-order chi connectivity index (χ1) is 28.1. The van der Waals surface area contributed by atoms with Gasteiger partial charge in [-0.15, -0.1) is 0 Å². The summed E-state index contributed by atoms with van der Waals surface area (Å²) in [6.07, 6.45) is 0. The molecule has 6 rings (SSSR count). The van der Waals surface area contributed by atoms with Crippen LogP contribution < -0.4 is 29.6 Å². The summed E-state index contributed by atoms with van der Waals surface area (Å²) in [5.74, 6) is -5.06. The standard InChI is InChI=1S/C42H42N4O12S/c1-7-57-35-19-25(15-17-33(35)55-5)31(45-39(49)27-11-9-13-29(43-23(3)47)37(27)41(45)51)21-59(53,54)22-32(26-16-18-34(56-6)36(20-26)58-8-2)46-40(50)28-12-10-14-30(44-24(4)48)38(28)42(46)52/h9-20,31-32H,7-8,21-22H2,1-6H3,(H,43,47)(H,44,48). The first-order valence-corrected chi connectivity index (χ1v) is 20.4. The van der Waals surface area contributed by atoms with Gasteiger partial charge in [0.2, 0.25) is 11.8 Å². The van der Waals surface area contributed by atoms with Crippen LogP contribution in [-0.4, -0.2) is 92.6 Å². The first-order valence-electron chi connectivity index (χ1n) is 18.5. The third-order valence-corrected chi connectivity index (χ3v) is 11.4. The number of anilines is 2. The van der Waals surface area contributed by atoms with Gasteiger partial charge in [0, 0.05) is 13.8 Å². The molecule has 0 saturated carbocycles. The summed E-state index contributed by atoms with van der Waals surface area (Å²) in [7, 11) is -1.70. The van der Waals surface area contributed by atoms with Crippen molar-refractivity contribution in [1.82, 2.24) is 9.80 Å². The Labute approximate surface area is 340 Å². The Morgan fingerprint density at radius 3 is 1.32 bits per heavy atom. The van der Waals surface area contributed by atoms with Gasteiger partial charge in [-0.3, -0.25) is 38.6 Å². The number of benzene rings is 4. The SMILES string of the molecule is CCOc1cc(C(CS(=O)(=O)CC(c2ccc(OC)c(OCC)c2)N2C(=O)c3cccc(NC(C)=O)c3C2=O)N2C(=O)c3cccc(NC(C)=O)c3C2=O)ccc1OC. The number of fused-ring (bicyclic) bond motifs is 2. The topological polar surface area (TPSA) is 204 Å². The molecule has 0 aliphatic carbocycles. The molecule has 2 aliphatic heterocycles. The van der Waals surface area contributed by atoms with E-state index in [1.807, 2.05) is 0 Å². The van der Waals surface area contributed by atoms with Gasteiger partial charge in [-0.2, -0.15) is 0 Å². The van der Waals surface area contributed by atoms with E-state index in [1.54, 1.807) is 13.8 Å². The Hall–Kier alpha value is -6.75. The Kier molecular flexibility index (Phi) is 12.1. The predicted molar refractivity (Wildman–Crippen MR) is 215 cm³/mol. The fourth-order valence-electron chi connectivity index (χ4n) is 7.29. The van der Waals surface area contributed by atoms with Crippen LogP contribution in [0.3, 0.4) is 0 Å². The second-order valence-corrected chi connectivity index (χ2v) is 15.7. The molecule has 4 aromatic rings. The molecule has 4 aromatic carbocycles. The minimum Gasteiger partial charge on any atom is -0.493 e. The highest BCUT2D eigenvalue weighted by Gasteiger charge is 2.47. The summed E-state index contributed by atoms with van der Waals surface area (Å²) < 4.78 is 52.1. The number of sulfone groups is 1. The van der Waals surface area contributed by atoms with E-state index < -0.39 is 68.9 Å². The van der Waals surface area contributed by atoms with Crippen molar-refractivity contribution in [3.8, 4) is 23.0 Å². The summed E-state index contributed by atoms with van der Waals surface area (Å²) in [5, 5.41) is 5.13. The number of imide groups is 2. The van der Waals surface area contributed by atoms with E-state index in [0.717, 1.165) is 9.80 Å². The highest BCUT2D eigenvalue weighted by atomic mass is 32.2. The number of hydrogen-bond donors (Lipinski definition) is 2. The maximum absolute atomic E-state index is 14.9. The number of amides is 6. The lowest BCUT2D eigenvalue weighted by Gasteiger charge is -2.30. The lowest BCUT2D eigenvalue weighted by molar-refractivity contribution is -0.115. The fraction of sp³-hybridized carbons (Fsp3) is 0.286. The van der Waals surface area contributed by atoms with Crippen molar-refractivity contribution in [2.24, 2.45) is 0 Å². The van der Waals surface area contributed by atoms with E-state index in [2.05, 4.69) is 10.6 Å². The number of methoxy groups -OCH3 is 2. The van der Waals surface area contributed by atoms with Crippen molar-refractivity contribution >= 4 is 56.7 Å². The Morgan fingerprint density at radius 2 is 0.983 bits per heavy atom. The molecule has 0 saturated heterocycles. The maximum Gasteiger partial charge on any atom is 0.264 e. The van der Waals surface area contributed by atoms with Gasteiger partial charge in [-0.25, -0.2) is 8.42 Å². The molecule has 2 aliphatic rings. The molecular weight excluding hydrogens is 785 g/mol. The van der Waals surface area contributed by atoms with Gasteiger partial charge >= 0.3 is 0 Å². The van der Waals surface area contributed by atoms with Crippen molar-refractivity contribution in [1.29, 1.82) is 0 Å². The van der Waals surface area contributed by atoms with Gasteiger partial charge in [0.05, 0.1) is 84.7 Å². The van der Waals surface area contributed by atoms with Gasteiger partial charge in [-0.05, 0) is 73.5 Å². The molecule has 0 fully saturated rings. The average molecular weight is 827 g/mol. The molecule has 59 heavy (non-hydrogen) atoms. The van der Waals surface area contributed by atoms with Crippen LogP contribution in [0.5, 0.6) is 23.0 Å². The smallest absolute Gasteiger partial charge is 0.264 e. The van der Waals surface area contributed by atoms with Crippen LogP contribution in [-0.2, 0) is 19.4 Å². The van der Waals surface area contributed by atoms with Gasteiger partial charge in [0.25, 0.3) is 23.6 Å². The average Bonchev–Trinajstić information content (AvgIpc) is 3.60. The van der Waals surface area contributed by atoms with Gasteiger partial charge in [-0.1, -0.05) is 24.3 Å². The number of nitrogens with zero attached hydrogens (tertiary/aromatic N) is 2. The molecule has 2 heterocycles. The molecule has 2 N–H and O–H groups in total. The zero-order valence-electron chi connectivity index (χ0n) is 33.1. The van der Waals surface area contributed by atoms with Crippen LogP contribution in [0.1, 0.15) is 92.3 Å². The normalized spacial score (nSPS) is 14.4. The molecule has 0 spiro atoms. The summed E-state index contributed by atoms with van der Waals surface area (Å²) in [6, 6.07) is 14.7. The molecule has 0 aromatic heterocycles. The van der Waals surface area contributed by atoms with Crippen LogP contribution in [0, 0.1) is 0 Å². The minimum absolute atomic E-state index is 0.0530. The molecule has 17 heteroatoms. The van der Waals surface area contributed by atoms with Crippen LogP contribution in [0.4, 0.5) is 11.4 Å². The first kappa shape index (κ1) is 41.9. The summed E-state index contributed by atoms with van der Waals surface area (Å²) in [4.78, 5) is 82.9. The maximum atomic E-state index is 14.9. The van der Waals surface area contributed by atoms with Crippen LogP contribution in [0.25, 0.3) is 0 Å². The lowest BCUT2D eigenvalue weighted by atomic mass is 10.1. The Morgan fingerprint density at radius 1 is 0.593 bits per heavy atom. The van der Waals surface area contributed by atoms with E-state index in [9.17, 15) is 37.2 Å². The molecular formula is C42H42N4O12S. The highest BCUT2D eigenvalue weighted by Crippen LogP contribution is 2.42. The molecule has 16 nitrogen and oxygen atoms in total. The number of carbonyl (C=O) groups excluding carboxylic acids is 6. The zero-order chi connectivity index (χ0) is 42.8. The minimum atomic E-state index is -4.54. The predicted octanol–water partition coefficient (Wildman–Crippen LogP) is 5.21. The molecule has 0 bridgehead atoms. The molecule has 6 amide bonds. The molecule has 308 valence electrons. The van der Waals surface area contributed by atoms with E-state index in [4.69, 9.17) is 18.9 Å². The van der Waals surface area contributed by atoms with E-state index in [1.165, 1.54) is 101 Å². The molecule has 2 atom stereocenters. The quantitative estimate of drug-likeness (QED) is 0.140. The van der Waals surface area contributed by atoms with Crippen LogP contribution >= 0.6 is 0 Å². The summed E-state index contributed by atoms with van der Waals surface area (Å²) >= 11 is 0. The third-order valence-electron chi connectivity index (χ3n) is 9.71. The number of nitrogens with one attached hydrogen (secondary N) is 2. The summed E-state index contributed by atoms with van der Waals surface area (Å²) in [6.45, 7) is 6.35. The number of rotatable bonds is 16. The highest BCUT2D eigenvalue weighted by molar-refractivity contribution is 7.91. The van der Waals surface area contributed by atoms with Gasteiger partial charge in [0.15, 0.2) is 32.8 Å². The second kappa shape index (κ2) is 17.0. The van der Waals surface area contributed by atoms with Crippen molar-refractivity contribution in [3.05, 3.63) is 106 Å². The van der Waals surface area contributed by atoms with Crippen molar-refractivity contribution in [3.63, 3.8) is 0 Å². The number of carbonyl (C=O) groups is 6. The van der Waals surface area contributed by atoms with E-state index >= 15 is 0 Å². The van der Waals surface area contributed by atoms with Gasteiger partial charge in [0.1, 0.15) is 0 Å². The van der Waals surface area contributed by atoms with Crippen molar-refractivity contribution < 1.29 is 56.1 Å². The zero-order valence-corrected chi connectivity index (χ0v) is 33.9. The molecule has 0 radical (unpaired) electrons. The molecule has 2 unspecified atom stereocenters. The number of hydrogen-bond acceptors (Lipinski definition) is 12. The lowest BCUT2D eigenvalue weighted by Crippen LogP contribution is -2.41. The number of ether oxygens (including phenoxy) is 4. The van der Waals surface area contributed by atoms with E-state index in [-0.39, 0.29) is 69.5 Å². The Bertz CT molecular complexity index is 2340. The van der Waals surface area contributed by atoms with Gasteiger partial charge < -0.3 is 29.6 Å². The summed E-state index contributed by atoms with van der Waals surface area (Å²) in [5.41, 5.74) is 0.170. The second-order valence-electron chi connectivity index (χ2n) is 13.6.